The van der Waals surface area contributed by atoms with Crippen LogP contribution in [0.2, 0.25) is 0 Å². The van der Waals surface area contributed by atoms with Crippen LogP contribution in [0.4, 0.5) is 0 Å². The number of halogens is 2. The van der Waals surface area contributed by atoms with Crippen molar-refractivity contribution < 1.29 is 9.53 Å². The highest BCUT2D eigenvalue weighted by molar-refractivity contribution is 9.10. The van der Waals surface area contributed by atoms with Gasteiger partial charge in [-0.2, -0.15) is 0 Å². The molecule has 0 saturated heterocycles. The molecule has 4 nitrogen and oxygen atoms in total. The van der Waals surface area contributed by atoms with Crippen LogP contribution in [0.5, 0.6) is 5.75 Å². The van der Waals surface area contributed by atoms with Crippen LogP contribution >= 0.6 is 28.3 Å². The predicted octanol–water partition coefficient (Wildman–Crippen LogP) is 4.32. The van der Waals surface area contributed by atoms with Gasteiger partial charge in [-0.3, -0.25) is 4.79 Å². The molecule has 0 bridgehead atoms. The minimum atomic E-state index is -1.10. The Morgan fingerprint density at radius 3 is 2.52 bits per heavy atom. The molecule has 1 amide bonds. The van der Waals surface area contributed by atoms with Gasteiger partial charge in [0, 0.05) is 4.47 Å². The minimum Gasteiger partial charge on any atom is -0.494 e. The lowest BCUT2D eigenvalue weighted by Gasteiger charge is -2.26. The van der Waals surface area contributed by atoms with Crippen LogP contribution in [0.3, 0.4) is 0 Å². The lowest BCUT2D eigenvalue weighted by Crippen LogP contribution is -2.49. The Morgan fingerprint density at radius 2 is 1.92 bits per heavy atom. The molecule has 136 valence electrons. The molecule has 0 spiro atoms. The van der Waals surface area contributed by atoms with Crippen LogP contribution < -0.4 is 15.8 Å². The quantitative estimate of drug-likeness (QED) is 0.721. The molecule has 2 atom stereocenters. The third-order valence-electron chi connectivity index (χ3n) is 3.93. The molecule has 0 aliphatic heterocycles. The molecular weight excluding hydrogens is 404 g/mol. The van der Waals surface area contributed by atoms with Crippen LogP contribution in [-0.4, -0.2) is 12.5 Å². The summed E-state index contributed by atoms with van der Waals surface area (Å²) in [6.45, 7) is 6.19. The Labute approximate surface area is 163 Å². The summed E-state index contributed by atoms with van der Waals surface area (Å²) in [4.78, 5) is 12.7. The van der Waals surface area contributed by atoms with Crippen LogP contribution in [0.15, 0.2) is 53.0 Å². The molecule has 25 heavy (non-hydrogen) atoms. The van der Waals surface area contributed by atoms with Gasteiger partial charge >= 0.3 is 0 Å². The summed E-state index contributed by atoms with van der Waals surface area (Å²) >= 11 is 3.39. The Kier molecular flexibility index (Phi) is 7.93. The molecule has 2 aromatic carbocycles. The number of nitrogens with two attached hydrogens (primary N) is 1. The minimum absolute atomic E-state index is 0. The summed E-state index contributed by atoms with van der Waals surface area (Å²) in [7, 11) is 0. The fraction of sp³-hybridized carbons (Fsp3) is 0.316. The molecule has 0 aliphatic carbocycles. The van der Waals surface area contributed by atoms with Crippen LogP contribution in [0, 0.1) is 0 Å². The van der Waals surface area contributed by atoms with Crippen molar-refractivity contribution in [2.75, 3.05) is 6.61 Å². The number of carbonyl (C=O) groups excluding carboxylic acids is 1. The summed E-state index contributed by atoms with van der Waals surface area (Å²) in [6, 6.07) is 15.0. The first-order chi connectivity index (χ1) is 11.3. The van der Waals surface area contributed by atoms with E-state index in [1.807, 2.05) is 62.4 Å². The van der Waals surface area contributed by atoms with E-state index in [0.29, 0.717) is 6.61 Å². The maximum Gasteiger partial charge on any atom is 0.244 e. The second-order valence-corrected chi connectivity index (χ2v) is 6.83. The Bertz CT molecular complexity index is 705. The smallest absolute Gasteiger partial charge is 0.244 e. The summed E-state index contributed by atoms with van der Waals surface area (Å²) in [5.74, 6) is 0.568. The van der Waals surface area contributed by atoms with E-state index in [2.05, 4.69) is 21.2 Å². The lowest BCUT2D eigenvalue weighted by molar-refractivity contribution is -0.126. The third-order valence-corrected chi connectivity index (χ3v) is 4.46. The predicted molar refractivity (Wildman–Crippen MR) is 107 cm³/mol. The van der Waals surface area contributed by atoms with Gasteiger partial charge in [0.1, 0.15) is 11.3 Å². The monoisotopic (exact) mass is 426 g/mol. The maximum atomic E-state index is 12.7. The Balaban J connectivity index is 0.00000312. The van der Waals surface area contributed by atoms with Crippen molar-refractivity contribution in [2.45, 2.75) is 32.4 Å². The summed E-state index contributed by atoms with van der Waals surface area (Å²) < 4.78 is 6.46. The third kappa shape index (κ3) is 5.46. The van der Waals surface area contributed by atoms with Crippen molar-refractivity contribution in [3.05, 3.63) is 64.1 Å². The van der Waals surface area contributed by atoms with Crippen molar-refractivity contribution in [1.82, 2.24) is 5.32 Å². The van der Waals surface area contributed by atoms with Crippen molar-refractivity contribution in [2.24, 2.45) is 5.73 Å². The molecule has 6 heteroatoms. The zero-order valence-electron chi connectivity index (χ0n) is 14.6. The Hall–Kier alpha value is -1.56. The van der Waals surface area contributed by atoms with Crippen LogP contribution in [0.25, 0.3) is 0 Å². The van der Waals surface area contributed by atoms with Crippen molar-refractivity contribution in [3.63, 3.8) is 0 Å². The van der Waals surface area contributed by atoms with Gasteiger partial charge in [0.05, 0.1) is 12.6 Å². The number of amides is 1. The van der Waals surface area contributed by atoms with Gasteiger partial charge in [-0.05, 0) is 56.2 Å². The van der Waals surface area contributed by atoms with Crippen molar-refractivity contribution in [1.29, 1.82) is 0 Å². The number of rotatable bonds is 6. The Morgan fingerprint density at radius 1 is 1.28 bits per heavy atom. The first-order valence-corrected chi connectivity index (χ1v) is 8.72. The molecule has 2 aromatic rings. The average Bonchev–Trinajstić information content (AvgIpc) is 2.55. The number of ether oxygens (including phenoxy) is 1. The molecule has 0 saturated carbocycles. The van der Waals surface area contributed by atoms with Gasteiger partial charge in [-0.1, -0.05) is 40.2 Å². The van der Waals surface area contributed by atoms with Gasteiger partial charge in [0.15, 0.2) is 0 Å². The van der Waals surface area contributed by atoms with E-state index in [9.17, 15) is 4.79 Å². The van der Waals surface area contributed by atoms with Gasteiger partial charge in [0.25, 0.3) is 0 Å². The molecule has 0 radical (unpaired) electrons. The van der Waals surface area contributed by atoms with E-state index in [1.54, 1.807) is 6.92 Å². The topological polar surface area (TPSA) is 64.3 Å². The SMILES string of the molecule is CCOc1cccc(C(C)NC(=O)C(C)(N)c2ccc(Br)cc2)c1.Cl. The van der Waals surface area contributed by atoms with Crippen molar-refractivity contribution >= 4 is 34.2 Å². The van der Waals surface area contributed by atoms with Gasteiger partial charge in [0.2, 0.25) is 5.91 Å². The highest BCUT2D eigenvalue weighted by atomic mass is 79.9. The summed E-state index contributed by atoms with van der Waals surface area (Å²) in [5, 5.41) is 2.99. The lowest BCUT2D eigenvalue weighted by atomic mass is 9.91. The fourth-order valence-corrected chi connectivity index (χ4v) is 2.66. The molecule has 0 heterocycles. The van der Waals surface area contributed by atoms with Crippen LogP contribution in [-0.2, 0) is 10.3 Å². The van der Waals surface area contributed by atoms with Crippen LogP contribution in [0.1, 0.15) is 37.9 Å². The number of hydrogen-bond acceptors (Lipinski definition) is 3. The van der Waals surface area contributed by atoms with E-state index in [-0.39, 0.29) is 24.4 Å². The number of nitrogens with one attached hydrogen (secondary N) is 1. The van der Waals surface area contributed by atoms with E-state index < -0.39 is 5.54 Å². The molecule has 3 N–H and O–H groups in total. The fourth-order valence-electron chi connectivity index (χ4n) is 2.40. The van der Waals surface area contributed by atoms with Gasteiger partial charge in [-0.15, -0.1) is 12.4 Å². The van der Waals surface area contributed by atoms with E-state index in [4.69, 9.17) is 10.5 Å². The highest BCUT2D eigenvalue weighted by Crippen LogP contribution is 2.23. The largest absolute Gasteiger partial charge is 0.494 e. The maximum absolute atomic E-state index is 12.7. The van der Waals surface area contributed by atoms with E-state index in [0.717, 1.165) is 21.3 Å². The van der Waals surface area contributed by atoms with E-state index >= 15 is 0 Å². The van der Waals surface area contributed by atoms with E-state index in [1.165, 1.54) is 0 Å². The standard InChI is InChI=1S/C19H23BrN2O2.ClH/c1-4-24-17-7-5-6-14(12-17)13(2)22-18(23)19(3,21)15-8-10-16(20)11-9-15;/h5-13H,4,21H2,1-3H3,(H,22,23);1H. The second kappa shape index (κ2) is 9.22. The first kappa shape index (κ1) is 21.5. The number of hydrogen-bond donors (Lipinski definition) is 2. The number of benzene rings is 2. The zero-order valence-corrected chi connectivity index (χ0v) is 17.0. The number of carbonyl (C=O) groups is 1. The molecular formula is C19H24BrClN2O2. The first-order valence-electron chi connectivity index (χ1n) is 7.93. The van der Waals surface area contributed by atoms with Gasteiger partial charge in [-0.25, -0.2) is 0 Å². The zero-order chi connectivity index (χ0) is 17.7. The molecule has 2 unspecified atom stereocenters. The molecule has 0 aromatic heterocycles. The molecule has 2 rings (SSSR count). The molecule has 0 fully saturated rings. The highest BCUT2D eigenvalue weighted by Gasteiger charge is 2.31. The second-order valence-electron chi connectivity index (χ2n) is 5.91. The average molecular weight is 428 g/mol. The van der Waals surface area contributed by atoms with Crippen molar-refractivity contribution in [3.8, 4) is 5.75 Å². The summed E-state index contributed by atoms with van der Waals surface area (Å²) in [5.41, 5.74) is 6.91. The molecule has 0 aliphatic rings. The normalized spacial score (nSPS) is 14.0. The summed E-state index contributed by atoms with van der Waals surface area (Å²) in [6.07, 6.45) is 0. The van der Waals surface area contributed by atoms with Gasteiger partial charge < -0.3 is 15.8 Å².